The Labute approximate surface area is 108 Å². The first kappa shape index (κ1) is 12.5. The van der Waals surface area contributed by atoms with Crippen LogP contribution in [0.15, 0.2) is 18.2 Å². The Morgan fingerprint density at radius 3 is 2.84 bits per heavy atom. The van der Waals surface area contributed by atoms with Crippen LogP contribution in [-0.4, -0.2) is 36.5 Å². The van der Waals surface area contributed by atoms with E-state index in [4.69, 9.17) is 0 Å². The fourth-order valence-electron chi connectivity index (χ4n) is 2.75. The maximum Gasteiger partial charge on any atom is 0.416 e. The fraction of sp³-hybridized carbons (Fsp3) is 0.462. The van der Waals surface area contributed by atoms with Gasteiger partial charge in [-0.15, -0.1) is 0 Å². The first-order valence-corrected chi connectivity index (χ1v) is 6.18. The van der Waals surface area contributed by atoms with Crippen LogP contribution in [0.4, 0.5) is 13.2 Å². The van der Waals surface area contributed by atoms with Gasteiger partial charge in [0.1, 0.15) is 0 Å². The van der Waals surface area contributed by atoms with Gasteiger partial charge < -0.3 is 10.2 Å². The lowest BCUT2D eigenvalue weighted by Gasteiger charge is -2.40. The topological polar surface area (TPSA) is 32.3 Å². The summed E-state index contributed by atoms with van der Waals surface area (Å²) < 4.78 is 38.0. The van der Waals surface area contributed by atoms with E-state index in [1.165, 1.54) is 6.07 Å². The van der Waals surface area contributed by atoms with E-state index in [9.17, 15) is 18.0 Å². The van der Waals surface area contributed by atoms with Crippen molar-refractivity contribution >= 4 is 5.91 Å². The fourth-order valence-corrected chi connectivity index (χ4v) is 2.75. The van der Waals surface area contributed by atoms with Gasteiger partial charge in [0.2, 0.25) is 0 Å². The number of benzene rings is 1. The number of hydrogen-bond acceptors (Lipinski definition) is 2. The second-order valence-electron chi connectivity index (χ2n) is 4.93. The molecule has 0 bridgehead atoms. The van der Waals surface area contributed by atoms with Gasteiger partial charge in [0.25, 0.3) is 5.91 Å². The molecule has 2 aliphatic heterocycles. The normalized spacial score (nSPS) is 23.0. The van der Waals surface area contributed by atoms with Crippen molar-refractivity contribution < 1.29 is 18.0 Å². The highest BCUT2D eigenvalue weighted by atomic mass is 19.4. The maximum atomic E-state index is 12.7. The molecule has 0 radical (unpaired) electrons. The van der Waals surface area contributed by atoms with E-state index in [2.05, 4.69) is 5.32 Å². The van der Waals surface area contributed by atoms with Crippen LogP contribution in [0.25, 0.3) is 0 Å². The lowest BCUT2D eigenvalue weighted by molar-refractivity contribution is -0.137. The molecule has 102 valence electrons. The minimum absolute atomic E-state index is 0.0606. The summed E-state index contributed by atoms with van der Waals surface area (Å²) >= 11 is 0. The van der Waals surface area contributed by atoms with Gasteiger partial charge >= 0.3 is 6.18 Å². The van der Waals surface area contributed by atoms with Gasteiger partial charge in [-0.2, -0.15) is 13.2 Å². The van der Waals surface area contributed by atoms with E-state index in [-0.39, 0.29) is 17.5 Å². The third-order valence-electron chi connectivity index (χ3n) is 3.73. The molecule has 1 N–H and O–H groups in total. The van der Waals surface area contributed by atoms with Crippen LogP contribution in [0.2, 0.25) is 0 Å². The molecule has 0 aliphatic carbocycles. The Kier molecular flexibility index (Phi) is 2.78. The Bertz CT molecular complexity index is 527. The van der Waals surface area contributed by atoms with E-state index in [1.54, 1.807) is 4.90 Å². The summed E-state index contributed by atoms with van der Waals surface area (Å²) in [6.07, 6.45) is -3.79. The molecule has 0 aromatic heterocycles. The highest BCUT2D eigenvalue weighted by Crippen LogP contribution is 2.33. The average Bonchev–Trinajstić information content (AvgIpc) is 2.37. The largest absolute Gasteiger partial charge is 0.416 e. The van der Waals surface area contributed by atoms with Crippen molar-refractivity contribution in [2.45, 2.75) is 18.6 Å². The molecule has 2 heterocycles. The van der Waals surface area contributed by atoms with Crippen LogP contribution < -0.4 is 5.32 Å². The molecule has 1 aromatic carbocycles. The predicted octanol–water partition coefficient (Wildman–Crippen LogP) is 1.68. The number of nitrogens with one attached hydrogen (secondary N) is 1. The average molecular weight is 270 g/mol. The second kappa shape index (κ2) is 4.23. The monoisotopic (exact) mass is 270 g/mol. The number of amides is 1. The Hall–Kier alpha value is -1.56. The quantitative estimate of drug-likeness (QED) is 0.778. The zero-order valence-electron chi connectivity index (χ0n) is 10.1. The number of halogens is 3. The third-order valence-corrected chi connectivity index (χ3v) is 3.73. The van der Waals surface area contributed by atoms with Gasteiger partial charge in [-0.25, -0.2) is 0 Å². The smallest absolute Gasteiger partial charge is 0.333 e. The summed E-state index contributed by atoms with van der Waals surface area (Å²) in [4.78, 5) is 13.9. The standard InChI is InChI=1S/C13H13F3N2O/c14-13(15,16)9-2-1-8-5-10-7-17-3-4-18(10)12(19)11(8)6-9/h1-2,6,10,17H,3-5,7H2. The van der Waals surface area contributed by atoms with E-state index in [1.807, 2.05) is 0 Å². The molecule has 1 fully saturated rings. The molecular formula is C13H13F3N2O. The molecule has 0 saturated carbocycles. The highest BCUT2D eigenvalue weighted by molar-refractivity contribution is 5.97. The van der Waals surface area contributed by atoms with Crippen LogP contribution in [-0.2, 0) is 12.6 Å². The predicted molar refractivity (Wildman–Crippen MR) is 62.8 cm³/mol. The highest BCUT2D eigenvalue weighted by Gasteiger charge is 2.37. The van der Waals surface area contributed by atoms with E-state index >= 15 is 0 Å². The van der Waals surface area contributed by atoms with Gasteiger partial charge in [-0.05, 0) is 24.1 Å². The number of nitrogens with zero attached hydrogens (tertiary/aromatic N) is 1. The molecule has 19 heavy (non-hydrogen) atoms. The van der Waals surface area contributed by atoms with Crippen molar-refractivity contribution in [1.82, 2.24) is 10.2 Å². The van der Waals surface area contributed by atoms with Gasteiger partial charge in [0, 0.05) is 31.2 Å². The van der Waals surface area contributed by atoms with Crippen molar-refractivity contribution in [2.75, 3.05) is 19.6 Å². The number of alkyl halides is 3. The molecule has 3 rings (SSSR count). The zero-order valence-corrected chi connectivity index (χ0v) is 10.1. The summed E-state index contributed by atoms with van der Waals surface area (Å²) in [6.45, 7) is 1.95. The molecule has 2 aliphatic rings. The maximum absolute atomic E-state index is 12.7. The van der Waals surface area contributed by atoms with Gasteiger partial charge in [0.15, 0.2) is 0 Å². The first-order chi connectivity index (χ1) is 8.97. The molecule has 0 spiro atoms. The molecule has 1 unspecified atom stereocenters. The molecular weight excluding hydrogens is 257 g/mol. The summed E-state index contributed by atoms with van der Waals surface area (Å²) in [7, 11) is 0. The number of carbonyl (C=O) groups is 1. The number of hydrogen-bond donors (Lipinski definition) is 1. The SMILES string of the molecule is O=C1c2cc(C(F)(F)F)ccc2CC2CNCCN12. The van der Waals surface area contributed by atoms with Crippen molar-refractivity contribution in [1.29, 1.82) is 0 Å². The number of piperazine rings is 1. The van der Waals surface area contributed by atoms with Crippen molar-refractivity contribution in [2.24, 2.45) is 0 Å². The van der Waals surface area contributed by atoms with E-state index < -0.39 is 11.7 Å². The van der Waals surface area contributed by atoms with Crippen LogP contribution >= 0.6 is 0 Å². The second-order valence-corrected chi connectivity index (χ2v) is 4.93. The molecule has 1 saturated heterocycles. The minimum Gasteiger partial charge on any atom is -0.333 e. The number of carbonyl (C=O) groups excluding carboxylic acids is 1. The Morgan fingerprint density at radius 1 is 1.32 bits per heavy atom. The minimum atomic E-state index is -4.41. The molecule has 1 amide bonds. The number of fused-ring (bicyclic) bond motifs is 2. The van der Waals surface area contributed by atoms with Crippen LogP contribution in [0.1, 0.15) is 21.5 Å². The summed E-state index contributed by atoms with van der Waals surface area (Å²) in [5.41, 5.74) is 0.157. The van der Waals surface area contributed by atoms with E-state index in [0.717, 1.165) is 12.1 Å². The van der Waals surface area contributed by atoms with Crippen molar-refractivity contribution in [3.8, 4) is 0 Å². The third kappa shape index (κ3) is 2.10. The summed E-state index contributed by atoms with van der Waals surface area (Å²) in [5, 5.41) is 3.20. The van der Waals surface area contributed by atoms with Gasteiger partial charge in [0.05, 0.1) is 5.56 Å². The van der Waals surface area contributed by atoms with Crippen LogP contribution in [0.3, 0.4) is 0 Å². The first-order valence-electron chi connectivity index (χ1n) is 6.18. The van der Waals surface area contributed by atoms with Crippen LogP contribution in [0, 0.1) is 0 Å². The van der Waals surface area contributed by atoms with Gasteiger partial charge in [-0.1, -0.05) is 6.07 Å². The van der Waals surface area contributed by atoms with Crippen molar-refractivity contribution in [3.05, 3.63) is 34.9 Å². The van der Waals surface area contributed by atoms with E-state index in [0.29, 0.717) is 31.6 Å². The molecule has 3 nitrogen and oxygen atoms in total. The molecule has 1 aromatic rings. The van der Waals surface area contributed by atoms with Crippen molar-refractivity contribution in [3.63, 3.8) is 0 Å². The van der Waals surface area contributed by atoms with Gasteiger partial charge in [-0.3, -0.25) is 4.79 Å². The zero-order chi connectivity index (χ0) is 13.6. The number of rotatable bonds is 0. The summed E-state index contributed by atoms with van der Waals surface area (Å²) in [5.74, 6) is -0.279. The molecule has 1 atom stereocenters. The Morgan fingerprint density at radius 2 is 2.11 bits per heavy atom. The Balaban J connectivity index is 2.01. The molecule has 6 heteroatoms. The summed E-state index contributed by atoms with van der Waals surface area (Å²) in [6, 6.07) is 3.53. The van der Waals surface area contributed by atoms with Crippen LogP contribution in [0.5, 0.6) is 0 Å². The lowest BCUT2D eigenvalue weighted by Crippen LogP contribution is -2.56. The lowest BCUT2D eigenvalue weighted by atomic mass is 9.91.